The van der Waals surface area contributed by atoms with Crippen LogP contribution in [-0.4, -0.2) is 34.9 Å². The third-order valence-corrected chi connectivity index (χ3v) is 4.24. The average Bonchev–Trinajstić information content (AvgIpc) is 2.69. The van der Waals surface area contributed by atoms with Crippen molar-refractivity contribution in [3.8, 4) is 0 Å². The summed E-state index contributed by atoms with van der Waals surface area (Å²) in [7, 11) is 0. The smallest absolute Gasteiger partial charge is 0.244 e. The SMILES string of the molecule is Cc1cc(I)ccc1NC(=O)CN1CSCC1=O. The van der Waals surface area contributed by atoms with E-state index in [1.807, 2.05) is 25.1 Å². The molecule has 1 N–H and O–H groups in total. The molecule has 1 aromatic rings. The molecule has 1 aromatic carbocycles. The number of aryl methyl sites for hydroxylation is 1. The predicted octanol–water partition coefficient (Wildman–Crippen LogP) is 2.07. The van der Waals surface area contributed by atoms with Crippen LogP contribution in [0.3, 0.4) is 0 Å². The minimum absolute atomic E-state index is 0.0366. The molecule has 1 aliphatic rings. The summed E-state index contributed by atoms with van der Waals surface area (Å²) in [6, 6.07) is 5.84. The van der Waals surface area contributed by atoms with Gasteiger partial charge in [-0.15, -0.1) is 11.8 Å². The summed E-state index contributed by atoms with van der Waals surface area (Å²) >= 11 is 3.77. The van der Waals surface area contributed by atoms with Crippen molar-refractivity contribution < 1.29 is 9.59 Å². The number of hydrogen-bond donors (Lipinski definition) is 1. The first-order valence-electron chi connectivity index (χ1n) is 5.48. The van der Waals surface area contributed by atoms with Gasteiger partial charge < -0.3 is 10.2 Å². The highest BCUT2D eigenvalue weighted by molar-refractivity contribution is 14.1. The lowest BCUT2D eigenvalue weighted by molar-refractivity contribution is -0.130. The number of anilines is 1. The van der Waals surface area contributed by atoms with E-state index in [4.69, 9.17) is 0 Å². The van der Waals surface area contributed by atoms with E-state index >= 15 is 0 Å². The Morgan fingerprint density at radius 2 is 2.33 bits per heavy atom. The van der Waals surface area contributed by atoms with Gasteiger partial charge in [0.2, 0.25) is 11.8 Å². The molecule has 1 heterocycles. The minimum atomic E-state index is -0.143. The average molecular weight is 376 g/mol. The standard InChI is InChI=1S/C12H13IN2O2S/c1-8-4-9(13)2-3-10(8)14-11(16)5-15-7-18-6-12(15)17/h2-4H,5-7H2,1H3,(H,14,16). The third-order valence-electron chi connectivity index (χ3n) is 2.62. The predicted molar refractivity (Wildman–Crippen MR) is 81.6 cm³/mol. The van der Waals surface area contributed by atoms with Gasteiger partial charge in [-0.3, -0.25) is 9.59 Å². The lowest BCUT2D eigenvalue weighted by Crippen LogP contribution is -2.34. The first kappa shape index (κ1) is 13.7. The van der Waals surface area contributed by atoms with Crippen LogP contribution in [0.15, 0.2) is 18.2 Å². The lowest BCUT2D eigenvalue weighted by Gasteiger charge is -2.15. The number of nitrogens with one attached hydrogen (secondary N) is 1. The number of rotatable bonds is 3. The molecule has 0 bridgehead atoms. The fourth-order valence-electron chi connectivity index (χ4n) is 1.67. The molecule has 0 spiro atoms. The number of carbonyl (C=O) groups is 2. The zero-order valence-electron chi connectivity index (χ0n) is 9.90. The zero-order valence-corrected chi connectivity index (χ0v) is 12.9. The number of carbonyl (C=O) groups excluding carboxylic acids is 2. The Labute approximate surface area is 124 Å². The molecule has 2 amide bonds. The van der Waals surface area contributed by atoms with E-state index in [-0.39, 0.29) is 18.4 Å². The maximum absolute atomic E-state index is 11.8. The van der Waals surface area contributed by atoms with Crippen LogP contribution >= 0.6 is 34.4 Å². The van der Waals surface area contributed by atoms with Crippen LogP contribution in [0.5, 0.6) is 0 Å². The van der Waals surface area contributed by atoms with Crippen LogP contribution in [-0.2, 0) is 9.59 Å². The molecule has 1 saturated heterocycles. The maximum Gasteiger partial charge on any atom is 0.244 e. The molecular weight excluding hydrogens is 363 g/mol. The van der Waals surface area contributed by atoms with Crippen LogP contribution < -0.4 is 5.32 Å². The van der Waals surface area contributed by atoms with Crippen molar-refractivity contribution in [2.45, 2.75) is 6.92 Å². The molecule has 0 radical (unpaired) electrons. The Kier molecular flexibility index (Phi) is 4.50. The van der Waals surface area contributed by atoms with E-state index < -0.39 is 0 Å². The molecule has 2 rings (SSSR count). The Bertz CT molecular complexity index is 493. The van der Waals surface area contributed by atoms with Gasteiger partial charge in [-0.05, 0) is 53.3 Å². The highest BCUT2D eigenvalue weighted by Gasteiger charge is 2.22. The summed E-state index contributed by atoms with van der Waals surface area (Å²) in [6.07, 6.45) is 0. The number of nitrogens with zero attached hydrogens (tertiary/aromatic N) is 1. The Morgan fingerprint density at radius 1 is 1.56 bits per heavy atom. The van der Waals surface area contributed by atoms with Crippen molar-refractivity contribution in [2.75, 3.05) is 23.5 Å². The van der Waals surface area contributed by atoms with Gasteiger partial charge in [-0.1, -0.05) is 0 Å². The van der Waals surface area contributed by atoms with Crippen molar-refractivity contribution in [1.29, 1.82) is 0 Å². The second-order valence-corrected chi connectivity index (χ2v) is 6.28. The van der Waals surface area contributed by atoms with Crippen molar-refractivity contribution in [3.05, 3.63) is 27.3 Å². The molecule has 1 aliphatic heterocycles. The van der Waals surface area contributed by atoms with E-state index in [9.17, 15) is 9.59 Å². The van der Waals surface area contributed by atoms with Crippen molar-refractivity contribution in [3.63, 3.8) is 0 Å². The van der Waals surface area contributed by atoms with Gasteiger partial charge in [-0.25, -0.2) is 0 Å². The molecule has 96 valence electrons. The van der Waals surface area contributed by atoms with E-state index in [2.05, 4.69) is 27.9 Å². The van der Waals surface area contributed by atoms with Crippen LogP contribution in [0.1, 0.15) is 5.56 Å². The van der Waals surface area contributed by atoms with Crippen molar-refractivity contribution in [1.82, 2.24) is 4.90 Å². The Hall–Kier alpha value is -0.760. The summed E-state index contributed by atoms with van der Waals surface area (Å²) < 4.78 is 1.13. The number of halogens is 1. The zero-order chi connectivity index (χ0) is 13.1. The van der Waals surface area contributed by atoms with Crippen LogP contribution in [0, 0.1) is 10.5 Å². The van der Waals surface area contributed by atoms with Gasteiger partial charge >= 0.3 is 0 Å². The van der Waals surface area contributed by atoms with Gasteiger partial charge in [0.15, 0.2) is 0 Å². The summed E-state index contributed by atoms with van der Waals surface area (Å²) in [5.41, 5.74) is 1.83. The molecule has 0 aromatic heterocycles. The Balaban J connectivity index is 1.96. The lowest BCUT2D eigenvalue weighted by atomic mass is 10.2. The molecular formula is C12H13IN2O2S. The van der Waals surface area contributed by atoms with Crippen molar-refractivity contribution >= 4 is 51.9 Å². The molecule has 0 aliphatic carbocycles. The summed E-state index contributed by atoms with van der Waals surface area (Å²) in [6.45, 7) is 2.09. The maximum atomic E-state index is 11.8. The second kappa shape index (κ2) is 5.92. The Morgan fingerprint density at radius 3 is 2.94 bits per heavy atom. The van der Waals surface area contributed by atoms with Gasteiger partial charge in [-0.2, -0.15) is 0 Å². The third kappa shape index (κ3) is 3.38. The van der Waals surface area contributed by atoms with Gasteiger partial charge in [0, 0.05) is 9.26 Å². The number of hydrogen-bond acceptors (Lipinski definition) is 3. The van der Waals surface area contributed by atoms with Gasteiger partial charge in [0.25, 0.3) is 0 Å². The fraction of sp³-hybridized carbons (Fsp3) is 0.333. The van der Waals surface area contributed by atoms with Crippen LogP contribution in [0.4, 0.5) is 5.69 Å². The first-order chi connectivity index (χ1) is 8.56. The molecule has 0 unspecified atom stereocenters. The van der Waals surface area contributed by atoms with E-state index in [1.54, 1.807) is 4.90 Å². The largest absolute Gasteiger partial charge is 0.324 e. The molecule has 6 heteroatoms. The quantitative estimate of drug-likeness (QED) is 0.822. The molecule has 18 heavy (non-hydrogen) atoms. The number of amides is 2. The second-order valence-electron chi connectivity index (χ2n) is 4.08. The summed E-state index contributed by atoms with van der Waals surface area (Å²) in [5.74, 6) is 0.984. The highest BCUT2D eigenvalue weighted by atomic mass is 127. The molecule has 0 atom stereocenters. The van der Waals surface area contributed by atoms with E-state index in [0.29, 0.717) is 11.6 Å². The summed E-state index contributed by atoms with van der Waals surface area (Å²) in [4.78, 5) is 24.8. The molecule has 0 saturated carbocycles. The monoisotopic (exact) mass is 376 g/mol. The first-order valence-corrected chi connectivity index (χ1v) is 7.71. The normalized spacial score (nSPS) is 15.0. The highest BCUT2D eigenvalue weighted by Crippen LogP contribution is 2.18. The molecule has 1 fully saturated rings. The topological polar surface area (TPSA) is 49.4 Å². The van der Waals surface area contributed by atoms with E-state index in [0.717, 1.165) is 14.8 Å². The van der Waals surface area contributed by atoms with Crippen LogP contribution in [0.2, 0.25) is 0 Å². The molecule has 4 nitrogen and oxygen atoms in total. The van der Waals surface area contributed by atoms with Gasteiger partial charge in [0.1, 0.15) is 6.54 Å². The minimum Gasteiger partial charge on any atom is -0.324 e. The van der Waals surface area contributed by atoms with Crippen LogP contribution in [0.25, 0.3) is 0 Å². The van der Waals surface area contributed by atoms with Crippen molar-refractivity contribution in [2.24, 2.45) is 0 Å². The number of thioether (sulfide) groups is 1. The van der Waals surface area contributed by atoms with E-state index in [1.165, 1.54) is 11.8 Å². The summed E-state index contributed by atoms with van der Waals surface area (Å²) in [5, 5.41) is 2.84. The number of benzene rings is 1. The fourth-order valence-corrected chi connectivity index (χ4v) is 3.22. The van der Waals surface area contributed by atoms with Gasteiger partial charge in [0.05, 0.1) is 11.6 Å².